The van der Waals surface area contributed by atoms with Gasteiger partial charge >= 0.3 is 0 Å². The predicted molar refractivity (Wildman–Crippen MR) is 94.9 cm³/mol. The third kappa shape index (κ3) is 2.73. The molecule has 1 aliphatic rings. The molecule has 0 radical (unpaired) electrons. The SMILES string of the molecule is CCC1c2cccn2CCN1C(=O)c1ccc(-c2ncn(C)n2)cc1. The van der Waals surface area contributed by atoms with E-state index in [9.17, 15) is 4.79 Å². The molecular weight excluding hydrogens is 314 g/mol. The second-order valence-electron chi connectivity index (χ2n) is 6.37. The fraction of sp³-hybridized carbons (Fsp3) is 0.316. The molecule has 1 aromatic carbocycles. The van der Waals surface area contributed by atoms with Crippen LogP contribution in [0, 0.1) is 0 Å². The summed E-state index contributed by atoms with van der Waals surface area (Å²) in [6.45, 7) is 3.71. The lowest BCUT2D eigenvalue weighted by atomic mass is 10.0. The molecule has 0 saturated carbocycles. The van der Waals surface area contributed by atoms with Gasteiger partial charge < -0.3 is 9.47 Å². The Bertz CT molecular complexity index is 893. The largest absolute Gasteiger partial charge is 0.348 e. The van der Waals surface area contributed by atoms with Crippen molar-refractivity contribution in [1.82, 2.24) is 24.2 Å². The molecule has 0 fully saturated rings. The van der Waals surface area contributed by atoms with E-state index in [-0.39, 0.29) is 11.9 Å². The number of amides is 1. The maximum Gasteiger partial charge on any atom is 0.254 e. The first-order chi connectivity index (χ1) is 12.2. The van der Waals surface area contributed by atoms with Gasteiger partial charge in [-0.1, -0.05) is 19.1 Å². The molecule has 1 unspecified atom stereocenters. The summed E-state index contributed by atoms with van der Waals surface area (Å²) in [6, 6.07) is 11.9. The molecule has 6 heteroatoms. The van der Waals surface area contributed by atoms with E-state index >= 15 is 0 Å². The van der Waals surface area contributed by atoms with Gasteiger partial charge in [-0.15, -0.1) is 0 Å². The summed E-state index contributed by atoms with van der Waals surface area (Å²) >= 11 is 0. The average Bonchev–Trinajstić information content (AvgIpc) is 3.29. The quantitative estimate of drug-likeness (QED) is 0.739. The van der Waals surface area contributed by atoms with Crippen molar-refractivity contribution >= 4 is 5.91 Å². The molecule has 3 heterocycles. The highest BCUT2D eigenvalue weighted by molar-refractivity contribution is 5.95. The van der Waals surface area contributed by atoms with Crippen LogP contribution >= 0.6 is 0 Å². The minimum Gasteiger partial charge on any atom is -0.348 e. The molecule has 1 atom stereocenters. The molecule has 0 bridgehead atoms. The summed E-state index contributed by atoms with van der Waals surface area (Å²) in [5, 5.41) is 4.30. The first-order valence-electron chi connectivity index (χ1n) is 8.59. The van der Waals surface area contributed by atoms with Crippen LogP contribution in [-0.4, -0.2) is 36.7 Å². The lowest BCUT2D eigenvalue weighted by Gasteiger charge is -2.36. The Hall–Kier alpha value is -2.89. The van der Waals surface area contributed by atoms with Crippen molar-refractivity contribution in [3.63, 3.8) is 0 Å². The second-order valence-corrected chi connectivity index (χ2v) is 6.37. The Morgan fingerprint density at radius 2 is 2.00 bits per heavy atom. The van der Waals surface area contributed by atoms with Crippen LogP contribution in [0.1, 0.15) is 35.4 Å². The monoisotopic (exact) mass is 335 g/mol. The van der Waals surface area contributed by atoms with E-state index in [1.54, 1.807) is 11.0 Å². The van der Waals surface area contributed by atoms with Gasteiger partial charge in [0.2, 0.25) is 0 Å². The van der Waals surface area contributed by atoms with Crippen LogP contribution in [0.5, 0.6) is 0 Å². The third-order valence-corrected chi connectivity index (χ3v) is 4.80. The number of carbonyl (C=O) groups is 1. The second kappa shape index (κ2) is 6.20. The van der Waals surface area contributed by atoms with Gasteiger partial charge in [0.15, 0.2) is 5.82 Å². The van der Waals surface area contributed by atoms with Gasteiger partial charge in [0.25, 0.3) is 5.91 Å². The summed E-state index contributed by atoms with van der Waals surface area (Å²) in [6.07, 6.45) is 4.67. The Labute approximate surface area is 146 Å². The zero-order valence-corrected chi connectivity index (χ0v) is 14.5. The van der Waals surface area contributed by atoms with Crippen molar-refractivity contribution in [2.45, 2.75) is 25.9 Å². The molecule has 2 aromatic heterocycles. The van der Waals surface area contributed by atoms with E-state index in [4.69, 9.17) is 0 Å². The zero-order valence-electron chi connectivity index (χ0n) is 14.5. The number of fused-ring (bicyclic) bond motifs is 1. The first-order valence-corrected chi connectivity index (χ1v) is 8.59. The van der Waals surface area contributed by atoms with Crippen molar-refractivity contribution < 1.29 is 4.79 Å². The molecule has 3 aromatic rings. The van der Waals surface area contributed by atoms with Crippen LogP contribution in [0.4, 0.5) is 0 Å². The third-order valence-electron chi connectivity index (χ3n) is 4.80. The molecule has 6 nitrogen and oxygen atoms in total. The summed E-state index contributed by atoms with van der Waals surface area (Å²) in [7, 11) is 1.84. The van der Waals surface area contributed by atoms with Crippen LogP contribution in [0.15, 0.2) is 48.9 Å². The van der Waals surface area contributed by atoms with Crippen LogP contribution in [0.3, 0.4) is 0 Å². The molecule has 0 saturated heterocycles. The smallest absolute Gasteiger partial charge is 0.254 e. The average molecular weight is 335 g/mol. The molecule has 1 aliphatic heterocycles. The number of benzene rings is 1. The number of aryl methyl sites for hydroxylation is 1. The van der Waals surface area contributed by atoms with Crippen LogP contribution in [0.2, 0.25) is 0 Å². The highest BCUT2D eigenvalue weighted by Crippen LogP contribution is 2.30. The van der Waals surface area contributed by atoms with Crippen molar-refractivity contribution in [3.8, 4) is 11.4 Å². The molecule has 1 amide bonds. The van der Waals surface area contributed by atoms with Crippen molar-refractivity contribution in [2.75, 3.05) is 6.54 Å². The topological polar surface area (TPSA) is 56.0 Å². The van der Waals surface area contributed by atoms with Crippen LogP contribution in [-0.2, 0) is 13.6 Å². The van der Waals surface area contributed by atoms with Gasteiger partial charge in [-0.25, -0.2) is 4.98 Å². The number of nitrogens with zero attached hydrogens (tertiary/aromatic N) is 5. The Morgan fingerprint density at radius 1 is 1.20 bits per heavy atom. The van der Waals surface area contributed by atoms with Gasteiger partial charge in [0.05, 0.1) is 6.04 Å². The van der Waals surface area contributed by atoms with Crippen molar-refractivity contribution in [1.29, 1.82) is 0 Å². The predicted octanol–water partition coefficient (Wildman–Crippen LogP) is 2.89. The minimum absolute atomic E-state index is 0.0832. The molecule has 128 valence electrons. The number of aromatic nitrogens is 4. The lowest BCUT2D eigenvalue weighted by Crippen LogP contribution is -2.41. The highest BCUT2D eigenvalue weighted by Gasteiger charge is 2.30. The molecule has 25 heavy (non-hydrogen) atoms. The van der Waals surface area contributed by atoms with Crippen molar-refractivity contribution in [2.24, 2.45) is 7.05 Å². The fourth-order valence-corrected chi connectivity index (χ4v) is 3.54. The molecule has 0 N–H and O–H groups in total. The van der Waals surface area contributed by atoms with E-state index in [2.05, 4.69) is 39.9 Å². The maximum absolute atomic E-state index is 13.0. The number of rotatable bonds is 3. The standard InChI is InChI=1S/C19H21N5O/c1-3-16-17-5-4-10-23(17)11-12-24(16)19(25)15-8-6-14(7-9-15)18-20-13-22(2)21-18/h4-10,13,16H,3,11-12H2,1-2H3. The minimum atomic E-state index is 0.0832. The van der Waals surface area contributed by atoms with Gasteiger partial charge in [-0.3, -0.25) is 9.48 Å². The number of hydrogen-bond acceptors (Lipinski definition) is 3. The fourth-order valence-electron chi connectivity index (χ4n) is 3.54. The maximum atomic E-state index is 13.0. The highest BCUT2D eigenvalue weighted by atomic mass is 16.2. The van der Waals surface area contributed by atoms with Crippen LogP contribution in [0.25, 0.3) is 11.4 Å². The Balaban J connectivity index is 1.58. The normalized spacial score (nSPS) is 16.7. The van der Waals surface area contributed by atoms with Crippen LogP contribution < -0.4 is 0 Å². The molecule has 0 aliphatic carbocycles. The lowest BCUT2D eigenvalue weighted by molar-refractivity contribution is 0.0618. The molecule has 0 spiro atoms. The van der Waals surface area contributed by atoms with Crippen molar-refractivity contribution in [3.05, 3.63) is 60.2 Å². The molecular formula is C19H21N5O. The summed E-state index contributed by atoms with van der Waals surface area (Å²) in [4.78, 5) is 19.3. The van der Waals surface area contributed by atoms with E-state index in [0.717, 1.165) is 25.1 Å². The van der Waals surface area contributed by atoms with E-state index < -0.39 is 0 Å². The summed E-state index contributed by atoms with van der Waals surface area (Å²) in [5.74, 6) is 0.753. The summed E-state index contributed by atoms with van der Waals surface area (Å²) < 4.78 is 3.91. The van der Waals surface area contributed by atoms with Gasteiger partial charge in [0.1, 0.15) is 6.33 Å². The zero-order chi connectivity index (χ0) is 17.4. The number of carbonyl (C=O) groups excluding carboxylic acids is 1. The van der Waals surface area contributed by atoms with Gasteiger partial charge in [-0.05, 0) is 30.7 Å². The number of hydrogen-bond donors (Lipinski definition) is 0. The molecule has 4 rings (SSSR count). The summed E-state index contributed by atoms with van der Waals surface area (Å²) in [5.41, 5.74) is 2.84. The van der Waals surface area contributed by atoms with Gasteiger partial charge in [0, 0.05) is 43.2 Å². The van der Waals surface area contributed by atoms with E-state index in [1.165, 1.54) is 5.69 Å². The Morgan fingerprint density at radius 3 is 2.68 bits per heavy atom. The van der Waals surface area contributed by atoms with Gasteiger partial charge in [-0.2, -0.15) is 5.10 Å². The van der Waals surface area contributed by atoms with E-state index in [1.807, 2.05) is 36.2 Å². The Kier molecular flexibility index (Phi) is 3.87. The first kappa shape index (κ1) is 15.6. The van der Waals surface area contributed by atoms with E-state index in [0.29, 0.717) is 11.4 Å².